The maximum atomic E-state index is 13.2. The number of hydrogen-bond donors (Lipinski definition) is 2. The van der Waals surface area contributed by atoms with Gasteiger partial charge in [0.15, 0.2) is 0 Å². The SMILES string of the molecule is CC(C)(C)OC(=O)Nc1ccc(-c2cccs2)cc1NC(=O)c1ccc(CN2CC(=O)N3CCCC3C2=O)cc1. The Labute approximate surface area is 237 Å². The van der Waals surface area contributed by atoms with Crippen molar-refractivity contribution < 1.29 is 23.9 Å². The lowest BCUT2D eigenvalue weighted by Crippen LogP contribution is -2.56. The summed E-state index contributed by atoms with van der Waals surface area (Å²) in [6.07, 6.45) is 0.937. The first-order valence-electron chi connectivity index (χ1n) is 13.2. The minimum absolute atomic E-state index is 0.0151. The molecule has 2 aliphatic rings. The van der Waals surface area contributed by atoms with Crippen molar-refractivity contribution in [3.63, 3.8) is 0 Å². The van der Waals surface area contributed by atoms with E-state index in [1.165, 1.54) is 0 Å². The number of amides is 4. The zero-order chi connectivity index (χ0) is 28.4. The molecule has 10 heteroatoms. The lowest BCUT2D eigenvalue weighted by molar-refractivity contribution is -0.154. The molecule has 0 aliphatic carbocycles. The number of rotatable bonds is 6. The fourth-order valence-electron chi connectivity index (χ4n) is 4.94. The molecule has 40 heavy (non-hydrogen) atoms. The number of nitrogens with one attached hydrogen (secondary N) is 2. The van der Waals surface area contributed by atoms with E-state index in [4.69, 9.17) is 4.74 Å². The molecule has 5 rings (SSSR count). The molecule has 2 saturated heterocycles. The first kappa shape index (κ1) is 27.4. The molecule has 1 unspecified atom stereocenters. The Morgan fingerprint density at radius 2 is 1.80 bits per heavy atom. The Bertz CT molecular complexity index is 1430. The second-order valence-electron chi connectivity index (χ2n) is 11.0. The highest BCUT2D eigenvalue weighted by atomic mass is 32.1. The van der Waals surface area contributed by atoms with Crippen molar-refractivity contribution >= 4 is 46.5 Å². The third kappa shape index (κ3) is 6.17. The van der Waals surface area contributed by atoms with Crippen LogP contribution < -0.4 is 10.6 Å². The summed E-state index contributed by atoms with van der Waals surface area (Å²) in [7, 11) is 0. The van der Waals surface area contributed by atoms with E-state index in [2.05, 4.69) is 10.6 Å². The molecular weight excluding hydrogens is 528 g/mol. The molecule has 4 amide bonds. The fraction of sp³-hybridized carbons (Fsp3) is 0.333. The van der Waals surface area contributed by atoms with Gasteiger partial charge in [0.2, 0.25) is 11.8 Å². The van der Waals surface area contributed by atoms with Gasteiger partial charge < -0.3 is 19.9 Å². The van der Waals surface area contributed by atoms with Crippen molar-refractivity contribution in [2.24, 2.45) is 0 Å². The lowest BCUT2D eigenvalue weighted by Gasteiger charge is -2.36. The summed E-state index contributed by atoms with van der Waals surface area (Å²) in [6.45, 7) is 6.37. The standard InChI is InChI=1S/C30H32N4O5S/c1-30(2,3)39-29(38)32-22-13-12-21(25-7-5-15-40-25)16-23(22)31-27(36)20-10-8-19(9-11-20)17-33-18-26(35)34-14-4-6-24(34)28(33)37/h5,7-13,15-16,24H,4,6,14,17-18H2,1-3H3,(H,31,36)(H,32,38). The minimum Gasteiger partial charge on any atom is -0.444 e. The topological polar surface area (TPSA) is 108 Å². The van der Waals surface area contributed by atoms with Crippen LogP contribution in [0.5, 0.6) is 0 Å². The van der Waals surface area contributed by atoms with Gasteiger partial charge in [-0.2, -0.15) is 0 Å². The van der Waals surface area contributed by atoms with Crippen molar-refractivity contribution in [2.45, 2.75) is 51.8 Å². The second-order valence-corrected chi connectivity index (χ2v) is 11.9. The van der Waals surface area contributed by atoms with Gasteiger partial charge in [-0.25, -0.2) is 4.79 Å². The van der Waals surface area contributed by atoms with E-state index in [0.717, 1.165) is 22.4 Å². The van der Waals surface area contributed by atoms with Crippen LogP contribution in [0.3, 0.4) is 0 Å². The number of ether oxygens (including phenoxy) is 1. The van der Waals surface area contributed by atoms with Gasteiger partial charge in [-0.05, 0) is 80.5 Å². The van der Waals surface area contributed by atoms with Crippen LogP contribution in [0.4, 0.5) is 16.2 Å². The summed E-state index contributed by atoms with van der Waals surface area (Å²) in [5, 5.41) is 7.62. The van der Waals surface area contributed by atoms with Gasteiger partial charge in [-0.1, -0.05) is 24.3 Å². The summed E-state index contributed by atoms with van der Waals surface area (Å²) < 4.78 is 5.39. The predicted octanol–water partition coefficient (Wildman–Crippen LogP) is 5.35. The fourth-order valence-corrected chi connectivity index (χ4v) is 5.67. The van der Waals surface area contributed by atoms with Crippen LogP contribution in [0.2, 0.25) is 0 Å². The van der Waals surface area contributed by atoms with E-state index in [9.17, 15) is 19.2 Å². The van der Waals surface area contributed by atoms with E-state index in [-0.39, 0.29) is 30.3 Å². The summed E-state index contributed by atoms with van der Waals surface area (Å²) >= 11 is 1.57. The summed E-state index contributed by atoms with van der Waals surface area (Å²) in [5.41, 5.74) is 2.32. The zero-order valence-corrected chi connectivity index (χ0v) is 23.5. The number of thiophene rings is 1. The van der Waals surface area contributed by atoms with E-state index in [0.29, 0.717) is 36.4 Å². The van der Waals surface area contributed by atoms with Crippen LogP contribution in [-0.4, -0.2) is 58.3 Å². The molecule has 0 spiro atoms. The van der Waals surface area contributed by atoms with Crippen molar-refractivity contribution in [1.82, 2.24) is 9.80 Å². The average Bonchev–Trinajstić information content (AvgIpc) is 3.61. The maximum absolute atomic E-state index is 13.2. The van der Waals surface area contributed by atoms with E-state index in [1.54, 1.807) is 72.2 Å². The van der Waals surface area contributed by atoms with Gasteiger partial charge in [-0.15, -0.1) is 11.3 Å². The molecule has 2 fully saturated rings. The van der Waals surface area contributed by atoms with Gasteiger partial charge in [0.25, 0.3) is 5.91 Å². The smallest absolute Gasteiger partial charge is 0.412 e. The average molecular weight is 561 g/mol. The number of piperazine rings is 1. The number of anilines is 2. The Balaban J connectivity index is 1.30. The van der Waals surface area contributed by atoms with Gasteiger partial charge in [0, 0.05) is 23.5 Å². The molecule has 208 valence electrons. The molecule has 2 aliphatic heterocycles. The molecule has 3 aromatic rings. The minimum atomic E-state index is -0.672. The van der Waals surface area contributed by atoms with Crippen molar-refractivity contribution in [1.29, 1.82) is 0 Å². The Hall–Kier alpha value is -4.18. The van der Waals surface area contributed by atoms with Crippen LogP contribution in [0.15, 0.2) is 60.0 Å². The Morgan fingerprint density at radius 1 is 1.02 bits per heavy atom. The monoisotopic (exact) mass is 560 g/mol. The second kappa shape index (κ2) is 11.1. The van der Waals surface area contributed by atoms with Crippen LogP contribution in [0.25, 0.3) is 10.4 Å². The number of carbonyl (C=O) groups excluding carboxylic acids is 4. The zero-order valence-electron chi connectivity index (χ0n) is 22.7. The number of carbonyl (C=O) groups is 4. The number of benzene rings is 2. The highest BCUT2D eigenvalue weighted by molar-refractivity contribution is 7.13. The van der Waals surface area contributed by atoms with Crippen LogP contribution >= 0.6 is 11.3 Å². The molecule has 2 N–H and O–H groups in total. The van der Waals surface area contributed by atoms with Gasteiger partial charge in [0.1, 0.15) is 18.2 Å². The molecule has 1 atom stereocenters. The number of fused-ring (bicyclic) bond motifs is 1. The molecule has 2 aromatic carbocycles. The summed E-state index contributed by atoms with van der Waals surface area (Å²) in [5.74, 6) is -0.388. The highest BCUT2D eigenvalue weighted by Gasteiger charge is 2.41. The number of hydrogen-bond acceptors (Lipinski definition) is 6. The third-order valence-corrected chi connectivity index (χ3v) is 7.71. The van der Waals surface area contributed by atoms with Crippen LogP contribution in [0.1, 0.15) is 49.5 Å². The molecular formula is C30H32N4O5S. The van der Waals surface area contributed by atoms with Gasteiger partial charge in [0.05, 0.1) is 11.4 Å². The molecule has 3 heterocycles. The van der Waals surface area contributed by atoms with Crippen molar-refractivity contribution in [3.05, 3.63) is 71.1 Å². The Kier molecular flexibility index (Phi) is 7.62. The molecule has 0 bridgehead atoms. The summed E-state index contributed by atoms with van der Waals surface area (Å²) in [4.78, 5) is 55.3. The summed E-state index contributed by atoms with van der Waals surface area (Å²) in [6, 6.07) is 16.0. The molecule has 0 saturated carbocycles. The first-order chi connectivity index (χ1) is 19.1. The van der Waals surface area contributed by atoms with Gasteiger partial charge >= 0.3 is 6.09 Å². The lowest BCUT2D eigenvalue weighted by atomic mass is 10.1. The van der Waals surface area contributed by atoms with E-state index in [1.807, 2.05) is 29.6 Å². The first-order valence-corrected chi connectivity index (χ1v) is 14.1. The largest absolute Gasteiger partial charge is 0.444 e. The maximum Gasteiger partial charge on any atom is 0.412 e. The molecule has 9 nitrogen and oxygen atoms in total. The number of nitrogens with zero attached hydrogens (tertiary/aromatic N) is 2. The van der Waals surface area contributed by atoms with E-state index >= 15 is 0 Å². The molecule has 0 radical (unpaired) electrons. The molecule has 1 aromatic heterocycles. The van der Waals surface area contributed by atoms with Crippen molar-refractivity contribution in [2.75, 3.05) is 23.7 Å². The van der Waals surface area contributed by atoms with Crippen LogP contribution in [-0.2, 0) is 20.9 Å². The van der Waals surface area contributed by atoms with Gasteiger partial charge in [-0.3, -0.25) is 19.7 Å². The third-order valence-electron chi connectivity index (χ3n) is 6.79. The van der Waals surface area contributed by atoms with E-state index < -0.39 is 11.7 Å². The van der Waals surface area contributed by atoms with Crippen LogP contribution in [0, 0.1) is 0 Å². The highest BCUT2D eigenvalue weighted by Crippen LogP contribution is 2.32. The Morgan fingerprint density at radius 3 is 2.50 bits per heavy atom. The normalized spacial score (nSPS) is 17.0. The van der Waals surface area contributed by atoms with Crippen molar-refractivity contribution in [3.8, 4) is 10.4 Å². The quantitative estimate of drug-likeness (QED) is 0.423. The predicted molar refractivity (Wildman–Crippen MR) is 154 cm³/mol.